The van der Waals surface area contributed by atoms with Crippen molar-refractivity contribution in [2.75, 3.05) is 11.1 Å². The fraction of sp³-hybridized carbons (Fsp3) is 0.100. The summed E-state index contributed by atoms with van der Waals surface area (Å²) >= 11 is 0. The topological polar surface area (TPSA) is 77.2 Å². The smallest absolute Gasteiger partial charge is 0.419 e. The molecule has 3 rings (SSSR count). The van der Waals surface area contributed by atoms with Crippen molar-refractivity contribution in [2.45, 2.75) is 13.1 Å². The number of nitrogen functional groups attached to an aromatic ring is 1. The zero-order valence-electron chi connectivity index (χ0n) is 15.0. The van der Waals surface area contributed by atoms with Gasteiger partial charge in [-0.25, -0.2) is 9.37 Å². The number of nitrogens with zero attached hydrogens (tertiary/aromatic N) is 1. The predicted molar refractivity (Wildman–Crippen MR) is 99.3 cm³/mol. The maximum absolute atomic E-state index is 13.6. The SMILES string of the molecule is Cc1ccc(C(=O)Nc2ccc(Oc3ccc(C(F)(F)F)c(F)c3)cc2)c(N)n1. The summed E-state index contributed by atoms with van der Waals surface area (Å²) in [5.74, 6) is -1.62. The molecule has 0 aliphatic rings. The van der Waals surface area contributed by atoms with E-state index in [2.05, 4.69) is 10.3 Å². The van der Waals surface area contributed by atoms with Crippen LogP contribution in [0.3, 0.4) is 0 Å². The second kappa shape index (κ2) is 7.78. The Kier molecular flexibility index (Phi) is 5.40. The van der Waals surface area contributed by atoms with E-state index in [1.54, 1.807) is 19.1 Å². The molecule has 5 nitrogen and oxygen atoms in total. The number of carbonyl (C=O) groups excluding carboxylic acids is 1. The summed E-state index contributed by atoms with van der Waals surface area (Å²) in [4.78, 5) is 16.3. The zero-order valence-corrected chi connectivity index (χ0v) is 15.0. The summed E-state index contributed by atoms with van der Waals surface area (Å²) in [6, 6.07) is 11.5. The van der Waals surface area contributed by atoms with Gasteiger partial charge >= 0.3 is 6.18 Å². The van der Waals surface area contributed by atoms with Gasteiger partial charge in [-0.1, -0.05) is 0 Å². The highest BCUT2D eigenvalue weighted by atomic mass is 19.4. The number of pyridine rings is 1. The molecule has 0 saturated heterocycles. The third-order valence-corrected chi connectivity index (χ3v) is 3.90. The molecule has 0 unspecified atom stereocenters. The molecule has 0 radical (unpaired) electrons. The molecule has 0 bridgehead atoms. The molecule has 0 atom stereocenters. The third-order valence-electron chi connectivity index (χ3n) is 3.90. The molecule has 2 aromatic carbocycles. The Hall–Kier alpha value is -3.62. The van der Waals surface area contributed by atoms with Gasteiger partial charge in [0.25, 0.3) is 5.91 Å². The molecule has 1 aromatic heterocycles. The fourth-order valence-electron chi connectivity index (χ4n) is 2.50. The van der Waals surface area contributed by atoms with E-state index < -0.39 is 23.5 Å². The molecule has 0 aliphatic heterocycles. The van der Waals surface area contributed by atoms with E-state index in [0.717, 1.165) is 6.07 Å². The summed E-state index contributed by atoms with van der Waals surface area (Å²) < 4.78 is 56.8. The quantitative estimate of drug-likeness (QED) is 0.587. The first-order valence-electron chi connectivity index (χ1n) is 8.32. The molecule has 3 aromatic rings. The normalized spacial score (nSPS) is 11.2. The molecule has 150 valence electrons. The lowest BCUT2D eigenvalue weighted by molar-refractivity contribution is -0.140. The van der Waals surface area contributed by atoms with Gasteiger partial charge in [-0.15, -0.1) is 0 Å². The molecular weight excluding hydrogens is 390 g/mol. The number of nitrogens with one attached hydrogen (secondary N) is 1. The van der Waals surface area contributed by atoms with Crippen LogP contribution in [0.4, 0.5) is 29.1 Å². The molecule has 0 spiro atoms. The number of anilines is 2. The summed E-state index contributed by atoms with van der Waals surface area (Å²) in [6.07, 6.45) is -4.78. The lowest BCUT2D eigenvalue weighted by Crippen LogP contribution is -2.15. The summed E-state index contributed by atoms with van der Waals surface area (Å²) in [7, 11) is 0. The van der Waals surface area contributed by atoms with E-state index >= 15 is 0 Å². The Morgan fingerprint density at radius 1 is 1.03 bits per heavy atom. The van der Waals surface area contributed by atoms with Crippen molar-refractivity contribution < 1.29 is 27.1 Å². The minimum Gasteiger partial charge on any atom is -0.457 e. The van der Waals surface area contributed by atoms with Crippen molar-refractivity contribution in [3.8, 4) is 11.5 Å². The van der Waals surface area contributed by atoms with Gasteiger partial charge in [0, 0.05) is 17.4 Å². The number of benzene rings is 2. The number of hydrogen-bond donors (Lipinski definition) is 2. The largest absolute Gasteiger partial charge is 0.457 e. The molecule has 9 heteroatoms. The Balaban J connectivity index is 1.69. The summed E-state index contributed by atoms with van der Waals surface area (Å²) in [6.45, 7) is 1.75. The number of amides is 1. The maximum atomic E-state index is 13.6. The number of aryl methyl sites for hydroxylation is 1. The zero-order chi connectivity index (χ0) is 21.2. The molecule has 29 heavy (non-hydrogen) atoms. The van der Waals surface area contributed by atoms with Gasteiger partial charge in [-0.05, 0) is 55.5 Å². The number of nitrogens with two attached hydrogens (primary N) is 1. The highest BCUT2D eigenvalue weighted by Crippen LogP contribution is 2.34. The van der Waals surface area contributed by atoms with Crippen LogP contribution in [0.2, 0.25) is 0 Å². The van der Waals surface area contributed by atoms with Gasteiger partial charge < -0.3 is 15.8 Å². The number of carbonyl (C=O) groups is 1. The van der Waals surface area contributed by atoms with E-state index in [0.29, 0.717) is 23.5 Å². The molecule has 0 saturated carbocycles. The summed E-state index contributed by atoms with van der Waals surface area (Å²) in [5, 5.41) is 2.64. The Morgan fingerprint density at radius 3 is 2.28 bits per heavy atom. The number of halogens is 4. The van der Waals surface area contributed by atoms with E-state index in [1.807, 2.05) is 0 Å². The second-order valence-corrected chi connectivity index (χ2v) is 6.11. The average Bonchev–Trinajstić information content (AvgIpc) is 2.62. The van der Waals surface area contributed by atoms with Crippen molar-refractivity contribution in [3.05, 3.63) is 77.2 Å². The average molecular weight is 405 g/mol. The molecular formula is C20H15F4N3O2. The predicted octanol–water partition coefficient (Wildman–Crippen LogP) is 5.17. The van der Waals surface area contributed by atoms with E-state index in [1.165, 1.54) is 24.3 Å². The maximum Gasteiger partial charge on any atom is 0.419 e. The number of ether oxygens (including phenoxy) is 1. The van der Waals surface area contributed by atoms with Crippen LogP contribution in [-0.4, -0.2) is 10.9 Å². The van der Waals surface area contributed by atoms with Gasteiger partial charge in [0.2, 0.25) is 0 Å². The fourth-order valence-corrected chi connectivity index (χ4v) is 2.50. The number of hydrogen-bond acceptors (Lipinski definition) is 4. The van der Waals surface area contributed by atoms with Crippen LogP contribution >= 0.6 is 0 Å². The van der Waals surface area contributed by atoms with Crippen molar-refractivity contribution in [1.82, 2.24) is 4.98 Å². The van der Waals surface area contributed by atoms with Crippen LogP contribution < -0.4 is 15.8 Å². The Labute approximate surface area is 163 Å². The summed E-state index contributed by atoms with van der Waals surface area (Å²) in [5.41, 5.74) is 5.71. The minimum absolute atomic E-state index is 0.0919. The molecule has 0 aliphatic carbocycles. The van der Waals surface area contributed by atoms with Gasteiger partial charge in [0.15, 0.2) is 0 Å². The highest BCUT2D eigenvalue weighted by molar-refractivity contribution is 6.07. The standard InChI is InChI=1S/C20H15F4N3O2/c1-11-2-8-15(18(25)26-11)19(28)27-12-3-5-13(6-4-12)29-14-7-9-16(17(21)10-14)20(22,23)24/h2-10H,1H3,(H2,25,26)(H,27,28). The Bertz CT molecular complexity index is 1050. The van der Waals surface area contributed by atoms with Crippen molar-refractivity contribution >= 4 is 17.4 Å². The first-order valence-corrected chi connectivity index (χ1v) is 8.32. The first kappa shape index (κ1) is 20.1. The van der Waals surface area contributed by atoms with Crippen LogP contribution in [0.15, 0.2) is 54.6 Å². The van der Waals surface area contributed by atoms with Gasteiger partial charge in [0.05, 0.1) is 11.1 Å². The minimum atomic E-state index is -4.78. The van der Waals surface area contributed by atoms with Crippen molar-refractivity contribution in [3.63, 3.8) is 0 Å². The van der Waals surface area contributed by atoms with Gasteiger partial charge in [0.1, 0.15) is 23.1 Å². The number of rotatable bonds is 4. The lowest BCUT2D eigenvalue weighted by atomic mass is 10.2. The number of alkyl halides is 3. The van der Waals surface area contributed by atoms with Crippen LogP contribution in [0, 0.1) is 12.7 Å². The molecule has 3 N–H and O–H groups in total. The van der Waals surface area contributed by atoms with Gasteiger partial charge in [-0.3, -0.25) is 4.79 Å². The molecule has 1 heterocycles. The highest BCUT2D eigenvalue weighted by Gasteiger charge is 2.34. The van der Waals surface area contributed by atoms with Crippen LogP contribution in [0.5, 0.6) is 11.5 Å². The third kappa shape index (κ3) is 4.81. The van der Waals surface area contributed by atoms with Crippen LogP contribution in [0.25, 0.3) is 0 Å². The molecule has 0 fully saturated rings. The van der Waals surface area contributed by atoms with Crippen molar-refractivity contribution in [1.29, 1.82) is 0 Å². The monoisotopic (exact) mass is 405 g/mol. The van der Waals surface area contributed by atoms with Crippen molar-refractivity contribution in [2.24, 2.45) is 0 Å². The van der Waals surface area contributed by atoms with Gasteiger partial charge in [-0.2, -0.15) is 13.2 Å². The Morgan fingerprint density at radius 2 is 1.69 bits per heavy atom. The van der Waals surface area contributed by atoms with E-state index in [9.17, 15) is 22.4 Å². The van der Waals surface area contributed by atoms with E-state index in [4.69, 9.17) is 10.5 Å². The first-order chi connectivity index (χ1) is 13.6. The van der Waals surface area contributed by atoms with E-state index in [-0.39, 0.29) is 22.9 Å². The molecule has 1 amide bonds. The van der Waals surface area contributed by atoms with Crippen LogP contribution in [-0.2, 0) is 6.18 Å². The lowest BCUT2D eigenvalue weighted by Gasteiger charge is -2.11. The number of aromatic nitrogens is 1. The van der Waals surface area contributed by atoms with Crippen LogP contribution in [0.1, 0.15) is 21.6 Å². The second-order valence-electron chi connectivity index (χ2n) is 6.11.